The van der Waals surface area contributed by atoms with Gasteiger partial charge in [0.2, 0.25) is 0 Å². The third kappa shape index (κ3) is 4.02. The topological polar surface area (TPSA) is 29.5 Å². The molecule has 1 rings (SSSR count). The predicted octanol–water partition coefficient (Wildman–Crippen LogP) is 2.85. The van der Waals surface area contributed by atoms with Gasteiger partial charge < -0.3 is 9.64 Å². The van der Waals surface area contributed by atoms with Crippen LogP contribution in [0.1, 0.15) is 27.7 Å². The SMILES string of the molecule is CC(C)N(C(=O)COc1ccc(F)cc1)C(C)C. The van der Waals surface area contributed by atoms with E-state index in [2.05, 4.69) is 0 Å². The molecule has 100 valence electrons. The Kier molecular flexibility index (Phi) is 5.13. The minimum absolute atomic E-state index is 0.0258. The summed E-state index contributed by atoms with van der Waals surface area (Å²) in [7, 11) is 0. The van der Waals surface area contributed by atoms with Crippen molar-refractivity contribution in [2.24, 2.45) is 0 Å². The molecule has 0 fully saturated rings. The van der Waals surface area contributed by atoms with Crippen molar-refractivity contribution >= 4 is 5.91 Å². The van der Waals surface area contributed by atoms with Gasteiger partial charge in [0.05, 0.1) is 0 Å². The van der Waals surface area contributed by atoms with E-state index >= 15 is 0 Å². The van der Waals surface area contributed by atoms with Gasteiger partial charge in [-0.1, -0.05) is 0 Å². The van der Waals surface area contributed by atoms with Crippen LogP contribution in [-0.2, 0) is 4.79 Å². The third-order valence-corrected chi connectivity index (χ3v) is 2.58. The van der Waals surface area contributed by atoms with Crippen LogP contribution in [0.3, 0.4) is 0 Å². The fourth-order valence-corrected chi connectivity index (χ4v) is 1.92. The van der Waals surface area contributed by atoms with Gasteiger partial charge in [0.15, 0.2) is 6.61 Å². The van der Waals surface area contributed by atoms with E-state index in [1.807, 2.05) is 27.7 Å². The van der Waals surface area contributed by atoms with Gasteiger partial charge in [0.25, 0.3) is 5.91 Å². The Morgan fingerprint density at radius 2 is 1.67 bits per heavy atom. The van der Waals surface area contributed by atoms with Crippen molar-refractivity contribution in [2.75, 3.05) is 6.61 Å². The Labute approximate surface area is 108 Å². The highest BCUT2D eigenvalue weighted by Gasteiger charge is 2.20. The maximum absolute atomic E-state index is 12.7. The van der Waals surface area contributed by atoms with Crippen LogP contribution in [0, 0.1) is 5.82 Å². The summed E-state index contributed by atoms with van der Waals surface area (Å²) in [6.07, 6.45) is 0. The van der Waals surface area contributed by atoms with E-state index in [0.29, 0.717) is 5.75 Å². The second-order valence-electron chi connectivity index (χ2n) is 4.73. The summed E-state index contributed by atoms with van der Waals surface area (Å²) >= 11 is 0. The molecule has 0 bridgehead atoms. The average molecular weight is 253 g/mol. The maximum Gasteiger partial charge on any atom is 0.260 e. The van der Waals surface area contributed by atoms with Crippen molar-refractivity contribution in [2.45, 2.75) is 39.8 Å². The van der Waals surface area contributed by atoms with Gasteiger partial charge in [-0.15, -0.1) is 0 Å². The number of amides is 1. The number of benzene rings is 1. The van der Waals surface area contributed by atoms with Gasteiger partial charge in [0, 0.05) is 12.1 Å². The molecule has 0 N–H and O–H groups in total. The van der Waals surface area contributed by atoms with Crippen LogP contribution >= 0.6 is 0 Å². The first-order valence-electron chi connectivity index (χ1n) is 6.11. The van der Waals surface area contributed by atoms with E-state index in [1.54, 1.807) is 4.90 Å². The smallest absolute Gasteiger partial charge is 0.260 e. The van der Waals surface area contributed by atoms with Gasteiger partial charge in [-0.25, -0.2) is 4.39 Å². The molecule has 0 spiro atoms. The quantitative estimate of drug-likeness (QED) is 0.807. The highest BCUT2D eigenvalue weighted by molar-refractivity contribution is 5.78. The molecule has 0 aliphatic rings. The van der Waals surface area contributed by atoms with Crippen LogP contribution in [0.25, 0.3) is 0 Å². The first kappa shape index (κ1) is 14.5. The van der Waals surface area contributed by atoms with Crippen LogP contribution in [0.2, 0.25) is 0 Å². The number of nitrogens with zero attached hydrogens (tertiary/aromatic N) is 1. The van der Waals surface area contributed by atoms with Crippen LogP contribution in [0.4, 0.5) is 4.39 Å². The molecule has 0 saturated heterocycles. The maximum atomic E-state index is 12.7. The van der Waals surface area contributed by atoms with Gasteiger partial charge in [0.1, 0.15) is 11.6 Å². The molecule has 0 aliphatic heterocycles. The lowest BCUT2D eigenvalue weighted by atomic mass is 10.2. The van der Waals surface area contributed by atoms with Crippen molar-refractivity contribution in [1.29, 1.82) is 0 Å². The summed E-state index contributed by atoms with van der Waals surface area (Å²) in [5.41, 5.74) is 0. The van der Waals surface area contributed by atoms with Gasteiger partial charge in [-0.05, 0) is 52.0 Å². The second kappa shape index (κ2) is 6.38. The number of rotatable bonds is 5. The second-order valence-corrected chi connectivity index (χ2v) is 4.73. The summed E-state index contributed by atoms with van der Waals surface area (Å²) in [5, 5.41) is 0. The highest BCUT2D eigenvalue weighted by atomic mass is 19.1. The summed E-state index contributed by atoms with van der Waals surface area (Å²) in [6, 6.07) is 5.91. The van der Waals surface area contributed by atoms with Gasteiger partial charge in [-0.3, -0.25) is 4.79 Å². The van der Waals surface area contributed by atoms with Crippen molar-refractivity contribution in [3.8, 4) is 5.75 Å². The number of carbonyl (C=O) groups excluding carboxylic acids is 1. The number of hydrogen-bond acceptors (Lipinski definition) is 2. The van der Waals surface area contributed by atoms with E-state index in [9.17, 15) is 9.18 Å². The molecular weight excluding hydrogens is 233 g/mol. The van der Waals surface area contributed by atoms with Crippen LogP contribution in [0.15, 0.2) is 24.3 Å². The van der Waals surface area contributed by atoms with E-state index in [0.717, 1.165) is 0 Å². The van der Waals surface area contributed by atoms with Crippen LogP contribution in [0.5, 0.6) is 5.75 Å². The predicted molar refractivity (Wildman–Crippen MR) is 69.0 cm³/mol. The molecule has 0 unspecified atom stereocenters. The fourth-order valence-electron chi connectivity index (χ4n) is 1.92. The van der Waals surface area contributed by atoms with E-state index in [4.69, 9.17) is 4.74 Å². The molecule has 0 aromatic heterocycles. The van der Waals surface area contributed by atoms with Crippen molar-refractivity contribution in [1.82, 2.24) is 4.90 Å². The van der Waals surface area contributed by atoms with Crippen molar-refractivity contribution in [3.63, 3.8) is 0 Å². The van der Waals surface area contributed by atoms with Crippen molar-refractivity contribution in [3.05, 3.63) is 30.1 Å². The Bertz CT molecular complexity index is 379. The zero-order valence-corrected chi connectivity index (χ0v) is 11.3. The fraction of sp³-hybridized carbons (Fsp3) is 0.500. The van der Waals surface area contributed by atoms with Gasteiger partial charge in [-0.2, -0.15) is 0 Å². The van der Waals surface area contributed by atoms with E-state index < -0.39 is 0 Å². The van der Waals surface area contributed by atoms with Crippen LogP contribution in [-0.4, -0.2) is 29.5 Å². The molecule has 18 heavy (non-hydrogen) atoms. The molecule has 4 heteroatoms. The lowest BCUT2D eigenvalue weighted by Crippen LogP contribution is -2.44. The zero-order valence-electron chi connectivity index (χ0n) is 11.3. The molecule has 1 amide bonds. The largest absolute Gasteiger partial charge is 0.484 e. The molecular formula is C14H20FNO2. The molecule has 0 heterocycles. The van der Waals surface area contributed by atoms with Crippen molar-refractivity contribution < 1.29 is 13.9 Å². The minimum Gasteiger partial charge on any atom is -0.484 e. The Morgan fingerprint density at radius 3 is 2.11 bits per heavy atom. The summed E-state index contributed by atoms with van der Waals surface area (Å²) in [4.78, 5) is 13.8. The molecule has 0 saturated carbocycles. The molecule has 1 aromatic rings. The lowest BCUT2D eigenvalue weighted by molar-refractivity contribution is -0.136. The normalized spacial score (nSPS) is 10.8. The number of carbonyl (C=O) groups is 1. The molecule has 3 nitrogen and oxygen atoms in total. The average Bonchev–Trinajstić information content (AvgIpc) is 2.27. The number of hydrogen-bond donors (Lipinski definition) is 0. The van der Waals surface area contributed by atoms with Crippen LogP contribution < -0.4 is 4.74 Å². The zero-order chi connectivity index (χ0) is 13.7. The monoisotopic (exact) mass is 253 g/mol. The molecule has 0 aliphatic carbocycles. The standard InChI is InChI=1S/C14H20FNO2/c1-10(2)16(11(3)4)14(17)9-18-13-7-5-12(15)6-8-13/h5-8,10-11H,9H2,1-4H3. The summed E-state index contributed by atoms with van der Waals surface area (Å²) < 4.78 is 18.0. The summed E-state index contributed by atoms with van der Waals surface area (Å²) in [5.74, 6) is 0.112. The molecule has 1 aromatic carbocycles. The van der Waals surface area contributed by atoms with Gasteiger partial charge >= 0.3 is 0 Å². The first-order chi connectivity index (χ1) is 8.41. The van der Waals surface area contributed by atoms with E-state index in [1.165, 1.54) is 24.3 Å². The number of ether oxygens (including phenoxy) is 1. The first-order valence-corrected chi connectivity index (χ1v) is 6.11. The van der Waals surface area contributed by atoms with E-state index in [-0.39, 0.29) is 30.4 Å². The Balaban J connectivity index is 2.57. The third-order valence-electron chi connectivity index (χ3n) is 2.58. The molecule has 0 radical (unpaired) electrons. The lowest BCUT2D eigenvalue weighted by Gasteiger charge is -2.30. The number of halogens is 1. The Hall–Kier alpha value is -1.58. The molecule has 0 atom stereocenters. The minimum atomic E-state index is -0.320. The Morgan fingerprint density at radius 1 is 1.17 bits per heavy atom. The summed E-state index contributed by atoms with van der Waals surface area (Å²) in [6.45, 7) is 7.85. The highest BCUT2D eigenvalue weighted by Crippen LogP contribution is 2.12.